The molecule has 1 aromatic heterocycles. The van der Waals surface area contributed by atoms with Crippen LogP contribution in [0, 0.1) is 0 Å². The molecule has 0 aliphatic carbocycles. The second-order valence-electron chi connectivity index (χ2n) is 5.24. The summed E-state index contributed by atoms with van der Waals surface area (Å²) in [4.78, 5) is 24.7. The van der Waals surface area contributed by atoms with E-state index >= 15 is 0 Å². The number of primary amides is 1. The zero-order valence-electron chi connectivity index (χ0n) is 11.5. The second kappa shape index (κ2) is 6.56. The lowest BCUT2D eigenvalue weighted by Gasteiger charge is -2.30. The number of amides is 2. The lowest BCUT2D eigenvalue weighted by atomic mass is 10.1. The standard InChI is InChI=1S/C14H21N3O3/c15-14(20)11-5-8-16(9-11)6-2-4-13(19)17-7-1-3-12(18)10-17/h5,8-9,12,18H,1-4,6-7,10H2,(H2,15,20). The summed E-state index contributed by atoms with van der Waals surface area (Å²) in [6.07, 6.45) is 5.91. The number of hydrogen-bond acceptors (Lipinski definition) is 3. The lowest BCUT2D eigenvalue weighted by Crippen LogP contribution is -2.42. The van der Waals surface area contributed by atoms with E-state index in [2.05, 4.69) is 0 Å². The molecule has 6 nitrogen and oxygen atoms in total. The molecule has 1 unspecified atom stereocenters. The first-order valence-electron chi connectivity index (χ1n) is 6.97. The van der Waals surface area contributed by atoms with Crippen LogP contribution in [0.5, 0.6) is 0 Å². The fourth-order valence-corrected chi connectivity index (χ4v) is 2.48. The van der Waals surface area contributed by atoms with Crippen LogP contribution in [-0.4, -0.2) is 45.6 Å². The maximum Gasteiger partial charge on any atom is 0.250 e. The first-order chi connectivity index (χ1) is 9.56. The SMILES string of the molecule is NC(=O)c1ccn(CCCC(=O)N2CCCC(O)C2)c1. The van der Waals surface area contributed by atoms with Crippen LogP contribution in [0.2, 0.25) is 0 Å². The molecule has 1 aromatic rings. The van der Waals surface area contributed by atoms with Gasteiger partial charge in [0.15, 0.2) is 0 Å². The van der Waals surface area contributed by atoms with Crippen molar-refractivity contribution in [1.29, 1.82) is 0 Å². The van der Waals surface area contributed by atoms with E-state index in [1.54, 1.807) is 23.4 Å². The summed E-state index contributed by atoms with van der Waals surface area (Å²) in [5.41, 5.74) is 5.66. The van der Waals surface area contributed by atoms with Crippen molar-refractivity contribution in [2.24, 2.45) is 5.73 Å². The number of carbonyl (C=O) groups excluding carboxylic acids is 2. The molecular formula is C14H21N3O3. The molecule has 0 saturated carbocycles. The first-order valence-corrected chi connectivity index (χ1v) is 6.97. The quantitative estimate of drug-likeness (QED) is 0.815. The van der Waals surface area contributed by atoms with Gasteiger partial charge in [-0.3, -0.25) is 9.59 Å². The summed E-state index contributed by atoms with van der Waals surface area (Å²) >= 11 is 0. The fraction of sp³-hybridized carbons (Fsp3) is 0.571. The number of aliphatic hydroxyl groups is 1. The van der Waals surface area contributed by atoms with E-state index in [1.165, 1.54) is 0 Å². The molecule has 1 atom stereocenters. The summed E-state index contributed by atoms with van der Waals surface area (Å²) < 4.78 is 1.86. The Morgan fingerprint density at radius 2 is 2.25 bits per heavy atom. The molecule has 110 valence electrons. The Labute approximate surface area is 118 Å². The van der Waals surface area contributed by atoms with Crippen molar-refractivity contribution in [2.75, 3.05) is 13.1 Å². The van der Waals surface area contributed by atoms with E-state index in [0.717, 1.165) is 19.4 Å². The molecule has 0 aromatic carbocycles. The highest BCUT2D eigenvalue weighted by Gasteiger charge is 2.21. The predicted molar refractivity (Wildman–Crippen MR) is 74.0 cm³/mol. The minimum atomic E-state index is -0.442. The number of aromatic nitrogens is 1. The summed E-state index contributed by atoms with van der Waals surface area (Å²) in [6.45, 7) is 1.87. The monoisotopic (exact) mass is 279 g/mol. The highest BCUT2D eigenvalue weighted by atomic mass is 16.3. The number of nitrogens with zero attached hydrogens (tertiary/aromatic N) is 2. The number of β-amino-alcohol motifs (C(OH)–C–C–N with tert-alkyl or cyclic N) is 1. The Balaban J connectivity index is 1.74. The average Bonchev–Trinajstić information content (AvgIpc) is 2.87. The van der Waals surface area contributed by atoms with E-state index in [1.807, 2.05) is 4.57 Å². The van der Waals surface area contributed by atoms with Gasteiger partial charge in [0.1, 0.15) is 0 Å². The molecule has 0 spiro atoms. The van der Waals surface area contributed by atoms with Crippen molar-refractivity contribution < 1.29 is 14.7 Å². The number of aryl methyl sites for hydroxylation is 1. The highest BCUT2D eigenvalue weighted by Crippen LogP contribution is 2.12. The smallest absolute Gasteiger partial charge is 0.250 e. The van der Waals surface area contributed by atoms with Gasteiger partial charge in [-0.25, -0.2) is 0 Å². The van der Waals surface area contributed by atoms with Gasteiger partial charge < -0.3 is 20.3 Å². The van der Waals surface area contributed by atoms with Gasteiger partial charge >= 0.3 is 0 Å². The maximum absolute atomic E-state index is 12.0. The van der Waals surface area contributed by atoms with Crippen LogP contribution in [0.4, 0.5) is 0 Å². The summed E-state index contributed by atoms with van der Waals surface area (Å²) in [6, 6.07) is 1.67. The number of piperidine rings is 1. The Bertz CT molecular complexity index is 484. The molecule has 2 amide bonds. The van der Waals surface area contributed by atoms with Crippen molar-refractivity contribution in [3.8, 4) is 0 Å². The van der Waals surface area contributed by atoms with E-state index in [4.69, 9.17) is 5.73 Å². The van der Waals surface area contributed by atoms with Gasteiger partial charge in [-0.1, -0.05) is 0 Å². The van der Waals surface area contributed by atoms with Crippen LogP contribution in [0.15, 0.2) is 18.5 Å². The number of aliphatic hydroxyl groups excluding tert-OH is 1. The molecule has 2 heterocycles. The molecule has 0 bridgehead atoms. The van der Waals surface area contributed by atoms with Gasteiger partial charge in [0, 0.05) is 38.4 Å². The Hall–Kier alpha value is -1.82. The van der Waals surface area contributed by atoms with Crippen LogP contribution in [0.25, 0.3) is 0 Å². The molecular weight excluding hydrogens is 258 g/mol. The first kappa shape index (κ1) is 14.6. The van der Waals surface area contributed by atoms with Crippen LogP contribution in [0.1, 0.15) is 36.0 Å². The predicted octanol–water partition coefficient (Wildman–Crippen LogP) is 0.350. The molecule has 1 aliphatic heterocycles. The number of rotatable bonds is 5. The largest absolute Gasteiger partial charge is 0.391 e. The summed E-state index contributed by atoms with van der Waals surface area (Å²) in [7, 11) is 0. The van der Waals surface area contributed by atoms with Crippen LogP contribution in [-0.2, 0) is 11.3 Å². The lowest BCUT2D eigenvalue weighted by molar-refractivity contribution is -0.134. The van der Waals surface area contributed by atoms with E-state index < -0.39 is 5.91 Å². The van der Waals surface area contributed by atoms with Crippen LogP contribution in [0.3, 0.4) is 0 Å². The van der Waals surface area contributed by atoms with Crippen LogP contribution < -0.4 is 5.73 Å². The van der Waals surface area contributed by atoms with Gasteiger partial charge in [0.2, 0.25) is 11.8 Å². The molecule has 20 heavy (non-hydrogen) atoms. The number of likely N-dealkylation sites (tertiary alicyclic amines) is 1. The number of carbonyl (C=O) groups is 2. The molecule has 2 rings (SSSR count). The topological polar surface area (TPSA) is 88.6 Å². The van der Waals surface area contributed by atoms with Gasteiger partial charge in [-0.05, 0) is 25.3 Å². The second-order valence-corrected chi connectivity index (χ2v) is 5.24. The molecule has 0 radical (unpaired) electrons. The summed E-state index contributed by atoms with van der Waals surface area (Å²) in [5, 5.41) is 9.54. The number of hydrogen-bond donors (Lipinski definition) is 2. The Morgan fingerprint density at radius 1 is 1.45 bits per heavy atom. The van der Waals surface area contributed by atoms with E-state index in [-0.39, 0.29) is 12.0 Å². The molecule has 1 aliphatic rings. The van der Waals surface area contributed by atoms with E-state index in [0.29, 0.717) is 31.5 Å². The average molecular weight is 279 g/mol. The van der Waals surface area contributed by atoms with E-state index in [9.17, 15) is 14.7 Å². The molecule has 6 heteroatoms. The Kier molecular flexibility index (Phi) is 4.79. The van der Waals surface area contributed by atoms with Gasteiger partial charge in [0.05, 0.1) is 11.7 Å². The van der Waals surface area contributed by atoms with Crippen molar-refractivity contribution in [3.63, 3.8) is 0 Å². The molecule has 1 fully saturated rings. The molecule has 3 N–H and O–H groups in total. The van der Waals surface area contributed by atoms with Crippen molar-refractivity contribution in [3.05, 3.63) is 24.0 Å². The third-order valence-electron chi connectivity index (χ3n) is 3.59. The normalized spacial score (nSPS) is 19.1. The minimum Gasteiger partial charge on any atom is -0.391 e. The van der Waals surface area contributed by atoms with Crippen molar-refractivity contribution in [2.45, 2.75) is 38.3 Å². The van der Waals surface area contributed by atoms with Gasteiger partial charge in [-0.15, -0.1) is 0 Å². The van der Waals surface area contributed by atoms with Gasteiger partial charge in [0.25, 0.3) is 0 Å². The maximum atomic E-state index is 12.0. The highest BCUT2D eigenvalue weighted by molar-refractivity contribution is 5.92. The zero-order valence-corrected chi connectivity index (χ0v) is 11.5. The van der Waals surface area contributed by atoms with Gasteiger partial charge in [-0.2, -0.15) is 0 Å². The zero-order chi connectivity index (χ0) is 14.5. The van der Waals surface area contributed by atoms with Crippen molar-refractivity contribution >= 4 is 11.8 Å². The van der Waals surface area contributed by atoms with Crippen LogP contribution >= 0.6 is 0 Å². The Morgan fingerprint density at radius 3 is 2.90 bits per heavy atom. The fourth-order valence-electron chi connectivity index (χ4n) is 2.48. The van der Waals surface area contributed by atoms with Crippen molar-refractivity contribution in [1.82, 2.24) is 9.47 Å². The third kappa shape index (κ3) is 3.84. The third-order valence-corrected chi connectivity index (χ3v) is 3.59. The molecule has 1 saturated heterocycles. The number of nitrogens with two attached hydrogens (primary N) is 1. The minimum absolute atomic E-state index is 0.0889. The summed E-state index contributed by atoms with van der Waals surface area (Å²) in [5.74, 6) is -0.354.